The largest absolute Gasteiger partial charge is 0.208 e. The summed E-state index contributed by atoms with van der Waals surface area (Å²) in [6.45, 7) is 0. The van der Waals surface area contributed by atoms with Crippen LogP contribution in [0.1, 0.15) is 22.3 Å². The van der Waals surface area contributed by atoms with E-state index in [0.29, 0.717) is 17.5 Å². The van der Waals surface area contributed by atoms with Crippen LogP contribution in [0.15, 0.2) is 212 Å². The number of rotatable bonds is 5. The van der Waals surface area contributed by atoms with E-state index in [0.717, 1.165) is 33.4 Å². The van der Waals surface area contributed by atoms with Crippen LogP contribution in [-0.2, 0) is 5.41 Å². The maximum atomic E-state index is 5.37. The zero-order valence-corrected chi connectivity index (χ0v) is 32.0. The zero-order valence-electron chi connectivity index (χ0n) is 32.0. The molecule has 0 saturated heterocycles. The summed E-state index contributed by atoms with van der Waals surface area (Å²) in [6.07, 6.45) is 0. The van der Waals surface area contributed by atoms with E-state index < -0.39 is 5.41 Å². The van der Waals surface area contributed by atoms with Crippen molar-refractivity contribution in [1.82, 2.24) is 15.0 Å². The van der Waals surface area contributed by atoms with Gasteiger partial charge in [-0.05, 0) is 95.7 Å². The van der Waals surface area contributed by atoms with E-state index in [2.05, 4.69) is 200 Å². The Morgan fingerprint density at radius 3 is 1.47 bits per heavy atom. The number of hydrogen-bond donors (Lipinski definition) is 0. The molecule has 274 valence electrons. The Labute approximate surface area is 343 Å². The molecule has 1 unspecified atom stereocenters. The van der Waals surface area contributed by atoms with Crippen molar-refractivity contribution in [2.24, 2.45) is 0 Å². The summed E-state index contributed by atoms with van der Waals surface area (Å²) in [5.41, 5.74) is 17.0. The van der Waals surface area contributed by atoms with Crippen molar-refractivity contribution in [2.45, 2.75) is 5.41 Å². The van der Waals surface area contributed by atoms with Gasteiger partial charge in [0.15, 0.2) is 17.5 Å². The SMILES string of the molecule is c1ccc(-c2ccc(-c3nc(-c4cccc(-c5ccccc5)c4)nc(-c4cccc5c4-c4ccccc4C54c5ccccc5-c5cc6ccccc6cc54)n3)cc2)cc1. The first kappa shape index (κ1) is 33.4. The predicted molar refractivity (Wildman–Crippen MR) is 241 cm³/mol. The number of hydrogen-bond acceptors (Lipinski definition) is 3. The van der Waals surface area contributed by atoms with Gasteiger partial charge >= 0.3 is 0 Å². The Morgan fingerprint density at radius 2 is 0.729 bits per heavy atom. The zero-order chi connectivity index (χ0) is 38.9. The molecule has 1 heterocycles. The molecule has 1 aromatic heterocycles. The van der Waals surface area contributed by atoms with E-state index in [1.807, 2.05) is 12.1 Å². The van der Waals surface area contributed by atoms with E-state index >= 15 is 0 Å². The smallest absolute Gasteiger partial charge is 0.164 e. The quantitative estimate of drug-likeness (QED) is 0.176. The van der Waals surface area contributed by atoms with Crippen molar-refractivity contribution in [3.63, 3.8) is 0 Å². The highest BCUT2D eigenvalue weighted by Gasteiger charge is 2.52. The van der Waals surface area contributed by atoms with Gasteiger partial charge in [-0.3, -0.25) is 0 Å². The summed E-state index contributed by atoms with van der Waals surface area (Å²) in [5.74, 6) is 1.92. The fraction of sp³-hybridized carbons (Fsp3) is 0.0179. The lowest BCUT2D eigenvalue weighted by Gasteiger charge is -2.30. The number of benzene rings is 9. The lowest BCUT2D eigenvalue weighted by atomic mass is 9.70. The van der Waals surface area contributed by atoms with Crippen LogP contribution in [-0.4, -0.2) is 15.0 Å². The highest BCUT2D eigenvalue weighted by Crippen LogP contribution is 2.64. The number of nitrogens with zero attached hydrogens (tertiary/aromatic N) is 3. The molecule has 0 radical (unpaired) electrons. The second-order valence-electron chi connectivity index (χ2n) is 15.5. The van der Waals surface area contributed by atoms with Gasteiger partial charge < -0.3 is 0 Å². The van der Waals surface area contributed by atoms with Gasteiger partial charge in [0.25, 0.3) is 0 Å². The topological polar surface area (TPSA) is 38.7 Å². The minimum absolute atomic E-state index is 0.506. The Kier molecular flexibility index (Phi) is 7.45. The first-order valence-corrected chi connectivity index (χ1v) is 20.2. The average molecular weight is 750 g/mol. The second-order valence-corrected chi connectivity index (χ2v) is 15.5. The Bertz CT molecular complexity index is 3260. The highest BCUT2D eigenvalue weighted by atomic mass is 15.0. The Hall–Kier alpha value is -7.75. The minimum Gasteiger partial charge on any atom is -0.208 e. The average Bonchev–Trinajstić information content (AvgIpc) is 3.78. The summed E-state index contributed by atoms with van der Waals surface area (Å²) < 4.78 is 0. The van der Waals surface area contributed by atoms with Crippen LogP contribution in [0.3, 0.4) is 0 Å². The van der Waals surface area contributed by atoms with Crippen molar-refractivity contribution in [1.29, 1.82) is 0 Å². The predicted octanol–water partition coefficient (Wildman–Crippen LogP) is 13.7. The molecule has 2 aliphatic rings. The number of aromatic nitrogens is 3. The molecule has 2 aliphatic carbocycles. The highest BCUT2D eigenvalue weighted by molar-refractivity contribution is 6.02. The molecule has 0 saturated carbocycles. The maximum absolute atomic E-state index is 5.37. The Balaban J connectivity index is 1.10. The van der Waals surface area contributed by atoms with E-state index in [1.54, 1.807) is 0 Å². The van der Waals surface area contributed by atoms with E-state index in [-0.39, 0.29) is 0 Å². The molecule has 10 aromatic rings. The van der Waals surface area contributed by atoms with Crippen LogP contribution in [0.25, 0.3) is 89.4 Å². The van der Waals surface area contributed by atoms with Crippen molar-refractivity contribution in [2.75, 3.05) is 0 Å². The molecule has 0 N–H and O–H groups in total. The molecule has 0 aliphatic heterocycles. The molecule has 0 amide bonds. The number of fused-ring (bicyclic) bond motifs is 11. The van der Waals surface area contributed by atoms with Crippen molar-refractivity contribution in [3.05, 3.63) is 235 Å². The van der Waals surface area contributed by atoms with Crippen LogP contribution in [0.4, 0.5) is 0 Å². The van der Waals surface area contributed by atoms with Gasteiger partial charge in [-0.25, -0.2) is 15.0 Å². The van der Waals surface area contributed by atoms with Crippen LogP contribution >= 0.6 is 0 Å². The Morgan fingerprint density at radius 1 is 0.254 bits per heavy atom. The lowest BCUT2D eigenvalue weighted by molar-refractivity contribution is 0.795. The first-order valence-electron chi connectivity index (χ1n) is 20.2. The van der Waals surface area contributed by atoms with E-state index in [4.69, 9.17) is 15.0 Å². The fourth-order valence-corrected chi connectivity index (χ4v) is 9.72. The van der Waals surface area contributed by atoms with Gasteiger partial charge in [-0.1, -0.05) is 194 Å². The fourth-order valence-electron chi connectivity index (χ4n) is 9.72. The molecule has 0 bridgehead atoms. The van der Waals surface area contributed by atoms with Crippen LogP contribution in [0.2, 0.25) is 0 Å². The maximum Gasteiger partial charge on any atom is 0.164 e. The summed E-state index contributed by atoms with van der Waals surface area (Å²) in [6, 6.07) is 76.2. The first-order chi connectivity index (χ1) is 29.2. The van der Waals surface area contributed by atoms with Crippen molar-refractivity contribution >= 4 is 10.8 Å². The van der Waals surface area contributed by atoms with Crippen LogP contribution < -0.4 is 0 Å². The lowest BCUT2D eigenvalue weighted by Crippen LogP contribution is -2.25. The van der Waals surface area contributed by atoms with Crippen LogP contribution in [0.5, 0.6) is 0 Å². The molecule has 1 spiro atoms. The monoisotopic (exact) mass is 749 g/mol. The van der Waals surface area contributed by atoms with Gasteiger partial charge in [0, 0.05) is 16.7 Å². The summed E-state index contributed by atoms with van der Waals surface area (Å²) >= 11 is 0. The third-order valence-electron chi connectivity index (χ3n) is 12.3. The minimum atomic E-state index is -0.506. The van der Waals surface area contributed by atoms with Gasteiger partial charge in [0.2, 0.25) is 0 Å². The standard InChI is InChI=1S/C56H35N3/c1-3-15-36(16-4-1)38-29-31-39(32-30-38)53-57-54(43-22-13-21-40(33-43)37-17-5-2-6-18-37)59-55(58-53)46-25-14-28-50-52(46)45-24-10-12-27-49(45)56(50)48-26-11-9-23-44(48)47-34-41-19-7-8-20-42(41)35-51(47)56/h1-35H. The van der Waals surface area contributed by atoms with Gasteiger partial charge in [-0.2, -0.15) is 0 Å². The third kappa shape index (κ3) is 5.11. The van der Waals surface area contributed by atoms with Gasteiger partial charge in [0.05, 0.1) is 5.41 Å². The molecule has 1 atom stereocenters. The normalized spacial score (nSPS) is 14.5. The third-order valence-corrected chi connectivity index (χ3v) is 12.3. The van der Waals surface area contributed by atoms with E-state index in [9.17, 15) is 0 Å². The molecule has 9 aromatic carbocycles. The van der Waals surface area contributed by atoms with Crippen LogP contribution in [0, 0.1) is 0 Å². The van der Waals surface area contributed by atoms with Crippen molar-refractivity contribution < 1.29 is 0 Å². The van der Waals surface area contributed by atoms with Gasteiger partial charge in [-0.15, -0.1) is 0 Å². The molecule has 3 nitrogen and oxygen atoms in total. The molecule has 59 heavy (non-hydrogen) atoms. The second kappa shape index (κ2) is 13.2. The van der Waals surface area contributed by atoms with Gasteiger partial charge in [0.1, 0.15) is 0 Å². The summed E-state index contributed by atoms with van der Waals surface area (Å²) in [7, 11) is 0. The van der Waals surface area contributed by atoms with E-state index in [1.165, 1.54) is 60.8 Å². The molecular weight excluding hydrogens is 715 g/mol. The summed E-state index contributed by atoms with van der Waals surface area (Å²) in [4.78, 5) is 15.9. The summed E-state index contributed by atoms with van der Waals surface area (Å²) in [5, 5.41) is 2.49. The molecule has 12 rings (SSSR count). The molecule has 0 fully saturated rings. The van der Waals surface area contributed by atoms with Crippen molar-refractivity contribution in [3.8, 4) is 78.7 Å². The molecular formula is C56H35N3. The molecule has 3 heteroatoms.